The maximum Gasteiger partial charge on any atom is 0.409 e. The van der Waals surface area contributed by atoms with Gasteiger partial charge in [-0.05, 0) is 72.3 Å². The molecule has 0 bridgehead atoms. The Morgan fingerprint density at radius 1 is 1.26 bits per heavy atom. The number of aryl methyl sites for hydroxylation is 2. The van der Waals surface area contributed by atoms with Gasteiger partial charge < -0.3 is 29.5 Å². The molecular weight excluding hydrogens is 508 g/mol. The predicted octanol–water partition coefficient (Wildman–Crippen LogP) is 5.01. The molecule has 1 aliphatic rings. The van der Waals surface area contributed by atoms with E-state index in [9.17, 15) is 4.79 Å². The van der Waals surface area contributed by atoms with Crippen LogP contribution in [0.3, 0.4) is 0 Å². The number of hydrogen-bond donors (Lipinski definition) is 2. The highest BCUT2D eigenvalue weighted by molar-refractivity contribution is 6.33. The van der Waals surface area contributed by atoms with Gasteiger partial charge in [-0.25, -0.2) is 14.8 Å². The molecule has 0 spiro atoms. The fraction of sp³-hybridized carbons (Fsp3) is 0.481. The molecule has 3 aromatic rings. The number of halogens is 1. The fourth-order valence-electron chi connectivity index (χ4n) is 4.50. The maximum atomic E-state index is 12.2. The molecule has 1 atom stereocenters. The fourth-order valence-corrected chi connectivity index (χ4v) is 4.70. The molecule has 1 aliphatic heterocycles. The van der Waals surface area contributed by atoms with Crippen molar-refractivity contribution >= 4 is 23.5 Å². The third-order valence-electron chi connectivity index (χ3n) is 6.49. The number of ether oxygens (including phenoxy) is 2. The van der Waals surface area contributed by atoms with Gasteiger partial charge in [0.2, 0.25) is 0 Å². The molecule has 204 valence electrons. The molecule has 10 nitrogen and oxygen atoms in total. The van der Waals surface area contributed by atoms with Gasteiger partial charge in [0.05, 0.1) is 35.2 Å². The summed E-state index contributed by atoms with van der Waals surface area (Å²) in [6.45, 7) is 10.5. The number of carbonyl (C=O) groups is 1. The summed E-state index contributed by atoms with van der Waals surface area (Å²) < 4.78 is 16.6. The monoisotopic (exact) mass is 542 g/mol. The van der Waals surface area contributed by atoms with Gasteiger partial charge >= 0.3 is 6.09 Å². The van der Waals surface area contributed by atoms with Crippen molar-refractivity contribution in [1.29, 1.82) is 0 Å². The van der Waals surface area contributed by atoms with Crippen molar-refractivity contribution in [2.45, 2.75) is 46.6 Å². The second-order valence-corrected chi connectivity index (χ2v) is 9.70. The lowest BCUT2D eigenvalue weighted by Crippen LogP contribution is -2.32. The molecule has 1 unspecified atom stereocenters. The molecule has 1 amide bonds. The predicted molar refractivity (Wildman–Crippen MR) is 147 cm³/mol. The lowest BCUT2D eigenvalue weighted by molar-refractivity contribution is 0.115. The van der Waals surface area contributed by atoms with Gasteiger partial charge in [-0.3, -0.25) is 0 Å². The summed E-state index contributed by atoms with van der Waals surface area (Å²) in [4.78, 5) is 23.8. The van der Waals surface area contributed by atoms with E-state index in [-0.39, 0.29) is 12.1 Å². The molecule has 2 N–H and O–H groups in total. The van der Waals surface area contributed by atoms with Crippen LogP contribution in [0.1, 0.15) is 36.8 Å². The Balaban J connectivity index is 1.71. The lowest BCUT2D eigenvalue weighted by atomic mass is 10.0. The van der Waals surface area contributed by atoms with Crippen molar-refractivity contribution in [3.8, 4) is 28.4 Å². The van der Waals surface area contributed by atoms with E-state index in [4.69, 9.17) is 35.6 Å². The minimum atomic E-state index is -0.299. The van der Waals surface area contributed by atoms with Crippen LogP contribution in [0.25, 0.3) is 22.6 Å². The highest BCUT2D eigenvalue weighted by Crippen LogP contribution is 2.36. The number of nitrogens with one attached hydrogen (secondary N) is 2. The Labute approximate surface area is 228 Å². The number of amides is 1. The maximum absolute atomic E-state index is 12.2. The Morgan fingerprint density at radius 3 is 2.79 bits per heavy atom. The molecule has 4 rings (SSSR count). The quantitative estimate of drug-likeness (QED) is 0.341. The van der Waals surface area contributed by atoms with E-state index in [0.29, 0.717) is 65.7 Å². The first-order valence-electron chi connectivity index (χ1n) is 12.9. The summed E-state index contributed by atoms with van der Waals surface area (Å²) in [5.41, 5.74) is 3.79. The van der Waals surface area contributed by atoms with Crippen LogP contribution in [0.2, 0.25) is 5.02 Å². The number of rotatable bonds is 10. The van der Waals surface area contributed by atoms with Gasteiger partial charge in [-0.2, -0.15) is 0 Å². The van der Waals surface area contributed by atoms with Crippen molar-refractivity contribution in [3.63, 3.8) is 0 Å². The number of hydrogen-bond acceptors (Lipinski definition) is 9. The third kappa shape index (κ3) is 6.19. The lowest BCUT2D eigenvalue weighted by Gasteiger charge is -2.19. The normalized spacial score (nSPS) is 15.1. The van der Waals surface area contributed by atoms with Crippen LogP contribution in [0, 0.1) is 20.8 Å². The zero-order valence-electron chi connectivity index (χ0n) is 22.6. The van der Waals surface area contributed by atoms with Crippen LogP contribution in [0.4, 0.5) is 10.6 Å². The Morgan fingerprint density at radius 2 is 2.08 bits per heavy atom. The Bertz CT molecular complexity index is 1260. The van der Waals surface area contributed by atoms with E-state index in [1.54, 1.807) is 17.9 Å². The van der Waals surface area contributed by atoms with Crippen molar-refractivity contribution in [1.82, 2.24) is 25.3 Å². The van der Waals surface area contributed by atoms with Crippen LogP contribution in [0.15, 0.2) is 22.7 Å². The Hall–Kier alpha value is -3.37. The molecule has 0 aliphatic carbocycles. The first kappa shape index (κ1) is 27.7. The molecule has 3 heterocycles. The number of anilines is 1. The topological polar surface area (TPSA) is 115 Å². The number of carbonyl (C=O) groups excluding carboxylic acids is 1. The largest absolute Gasteiger partial charge is 0.494 e. The Kier molecular flexibility index (Phi) is 9.06. The van der Waals surface area contributed by atoms with Gasteiger partial charge in [0, 0.05) is 30.3 Å². The minimum absolute atomic E-state index is 0.00990. The van der Waals surface area contributed by atoms with Crippen LogP contribution in [0.5, 0.6) is 5.75 Å². The van der Waals surface area contributed by atoms with Crippen LogP contribution >= 0.6 is 11.6 Å². The summed E-state index contributed by atoms with van der Waals surface area (Å²) in [6, 6.07) is 5.52. The number of aromatic nitrogens is 3. The van der Waals surface area contributed by atoms with Crippen molar-refractivity contribution in [2.24, 2.45) is 0 Å². The standard InChI is InChI=1S/C27H35ClN6O4/c1-6-36-27(35)34-12-10-19(15-34)30-25-16(2)24(23-17(3)33-38-18(23)4)31-26(32-25)21-14-20(8-9-22(21)28)37-13-7-11-29-5/h8-9,14,19,29H,6-7,10-13,15H2,1-5H3,(H,30,31,32). The zero-order chi connectivity index (χ0) is 27.2. The molecule has 1 saturated heterocycles. The van der Waals surface area contributed by atoms with E-state index >= 15 is 0 Å². The molecule has 1 fully saturated rings. The first-order chi connectivity index (χ1) is 18.3. The van der Waals surface area contributed by atoms with Gasteiger partial charge in [0.15, 0.2) is 5.82 Å². The number of benzene rings is 1. The van der Waals surface area contributed by atoms with Crippen molar-refractivity contribution in [3.05, 3.63) is 40.2 Å². The average molecular weight is 543 g/mol. The summed E-state index contributed by atoms with van der Waals surface area (Å²) in [6.07, 6.45) is 1.35. The smallest absolute Gasteiger partial charge is 0.409 e. The third-order valence-corrected chi connectivity index (χ3v) is 6.82. The first-order valence-corrected chi connectivity index (χ1v) is 13.3. The number of likely N-dealkylation sites (tertiary alicyclic amines) is 1. The van der Waals surface area contributed by atoms with Gasteiger partial charge in [0.25, 0.3) is 0 Å². The molecule has 1 aromatic carbocycles. The minimum Gasteiger partial charge on any atom is -0.494 e. The molecule has 11 heteroatoms. The van der Waals surface area contributed by atoms with E-state index in [0.717, 1.165) is 36.2 Å². The average Bonchev–Trinajstić information content (AvgIpc) is 3.50. The number of nitrogens with zero attached hydrogens (tertiary/aromatic N) is 4. The van der Waals surface area contributed by atoms with Gasteiger partial charge in [-0.15, -0.1) is 0 Å². The van der Waals surface area contributed by atoms with Crippen LogP contribution in [-0.2, 0) is 4.74 Å². The molecule has 0 radical (unpaired) electrons. The molecule has 38 heavy (non-hydrogen) atoms. The molecule has 0 saturated carbocycles. The summed E-state index contributed by atoms with van der Waals surface area (Å²) in [5.74, 6) is 2.48. The van der Waals surface area contributed by atoms with Gasteiger partial charge in [-0.1, -0.05) is 16.8 Å². The van der Waals surface area contributed by atoms with Crippen LogP contribution in [-0.4, -0.2) is 72.1 Å². The summed E-state index contributed by atoms with van der Waals surface area (Å²) in [5, 5.41) is 11.3. The van der Waals surface area contributed by atoms with E-state index in [1.165, 1.54) is 0 Å². The highest BCUT2D eigenvalue weighted by atomic mass is 35.5. The van der Waals surface area contributed by atoms with E-state index < -0.39 is 0 Å². The van der Waals surface area contributed by atoms with Crippen molar-refractivity contribution in [2.75, 3.05) is 45.2 Å². The summed E-state index contributed by atoms with van der Waals surface area (Å²) in [7, 11) is 1.91. The summed E-state index contributed by atoms with van der Waals surface area (Å²) >= 11 is 6.65. The van der Waals surface area contributed by atoms with Crippen LogP contribution < -0.4 is 15.4 Å². The molecular formula is C27H35ClN6O4. The zero-order valence-corrected chi connectivity index (χ0v) is 23.3. The second kappa shape index (κ2) is 12.4. The molecule has 2 aromatic heterocycles. The van der Waals surface area contributed by atoms with Crippen molar-refractivity contribution < 1.29 is 18.8 Å². The highest BCUT2D eigenvalue weighted by Gasteiger charge is 2.29. The van der Waals surface area contributed by atoms with E-state index in [1.807, 2.05) is 40.0 Å². The second-order valence-electron chi connectivity index (χ2n) is 9.29. The van der Waals surface area contributed by atoms with E-state index in [2.05, 4.69) is 15.8 Å². The SMILES string of the molecule is CCOC(=O)N1CCC(Nc2nc(-c3cc(OCCCNC)ccc3Cl)nc(-c3c(C)noc3C)c2C)C1. The van der Waals surface area contributed by atoms with Gasteiger partial charge in [0.1, 0.15) is 17.3 Å².